The Morgan fingerprint density at radius 3 is 2.65 bits per heavy atom. The van der Waals surface area contributed by atoms with Crippen LogP contribution >= 0.6 is 0 Å². The van der Waals surface area contributed by atoms with E-state index in [0.717, 1.165) is 12.3 Å². The van der Waals surface area contributed by atoms with Gasteiger partial charge in [0, 0.05) is 12.7 Å². The molecule has 6 nitrogen and oxygen atoms in total. The van der Waals surface area contributed by atoms with E-state index in [1.54, 1.807) is 0 Å². The second kappa shape index (κ2) is 5.90. The Kier molecular flexibility index (Phi) is 4.21. The Labute approximate surface area is 131 Å². The lowest BCUT2D eigenvalue weighted by atomic mass is 10.1. The predicted octanol–water partition coefficient (Wildman–Crippen LogP) is 1.83. The third-order valence-electron chi connectivity index (χ3n) is 3.84. The highest BCUT2D eigenvalue weighted by Gasteiger charge is 2.42. The van der Waals surface area contributed by atoms with Crippen LogP contribution in [0.5, 0.6) is 6.01 Å². The summed E-state index contributed by atoms with van der Waals surface area (Å²) in [4.78, 5) is 7.03. The van der Waals surface area contributed by atoms with Gasteiger partial charge in [-0.3, -0.25) is 0 Å². The molecule has 2 aliphatic rings. The summed E-state index contributed by atoms with van der Waals surface area (Å²) in [7, 11) is -3.31. The molecular weight excluding hydrogens is 335 g/mol. The van der Waals surface area contributed by atoms with Gasteiger partial charge in [0.15, 0.2) is 5.69 Å². The molecule has 1 unspecified atom stereocenters. The second-order valence-corrected chi connectivity index (χ2v) is 7.92. The number of rotatable bonds is 4. The zero-order chi connectivity index (χ0) is 16.7. The van der Waals surface area contributed by atoms with E-state index in [0.29, 0.717) is 32.2 Å². The maximum atomic E-state index is 12.6. The lowest BCUT2D eigenvalue weighted by molar-refractivity contribution is -0.141. The van der Waals surface area contributed by atoms with Gasteiger partial charge in [-0.25, -0.2) is 13.4 Å². The molecule has 23 heavy (non-hydrogen) atoms. The normalized spacial score (nSPS) is 23.7. The fourth-order valence-electron chi connectivity index (χ4n) is 2.51. The molecule has 0 spiro atoms. The van der Waals surface area contributed by atoms with E-state index in [4.69, 9.17) is 4.74 Å². The molecule has 1 saturated heterocycles. The predicted molar refractivity (Wildman–Crippen MR) is 74.2 cm³/mol. The molecule has 1 aliphatic carbocycles. The van der Waals surface area contributed by atoms with E-state index in [2.05, 4.69) is 9.97 Å². The van der Waals surface area contributed by atoms with E-state index >= 15 is 0 Å². The molecule has 0 bridgehead atoms. The maximum Gasteiger partial charge on any atom is 0.433 e. The van der Waals surface area contributed by atoms with E-state index in [-0.39, 0.29) is 17.8 Å². The molecule has 0 amide bonds. The van der Waals surface area contributed by atoms with Crippen molar-refractivity contribution in [2.75, 3.05) is 13.1 Å². The van der Waals surface area contributed by atoms with Crippen LogP contribution in [-0.2, 0) is 16.2 Å². The molecule has 10 heteroatoms. The largest absolute Gasteiger partial charge is 0.459 e. The summed E-state index contributed by atoms with van der Waals surface area (Å²) in [5, 5.41) is -0.314. The van der Waals surface area contributed by atoms with Gasteiger partial charge in [-0.15, -0.1) is 0 Å². The van der Waals surface area contributed by atoms with Crippen LogP contribution in [0.3, 0.4) is 0 Å². The van der Waals surface area contributed by atoms with E-state index in [1.807, 2.05) is 0 Å². The molecule has 0 radical (unpaired) electrons. The highest BCUT2D eigenvalue weighted by Crippen LogP contribution is 2.33. The van der Waals surface area contributed by atoms with Crippen molar-refractivity contribution in [1.82, 2.24) is 14.3 Å². The van der Waals surface area contributed by atoms with Crippen LogP contribution in [0.25, 0.3) is 0 Å². The Morgan fingerprint density at radius 2 is 2.00 bits per heavy atom. The fourth-order valence-corrected chi connectivity index (χ4v) is 4.42. The van der Waals surface area contributed by atoms with Crippen LogP contribution in [0.4, 0.5) is 13.2 Å². The highest BCUT2D eigenvalue weighted by atomic mass is 32.2. The second-order valence-electron chi connectivity index (χ2n) is 5.71. The van der Waals surface area contributed by atoms with Crippen molar-refractivity contribution >= 4 is 10.0 Å². The Bertz CT molecular complexity index is 677. The molecule has 0 aromatic carbocycles. The van der Waals surface area contributed by atoms with Crippen molar-refractivity contribution in [3.05, 3.63) is 18.0 Å². The lowest BCUT2D eigenvalue weighted by Gasteiger charge is -2.31. The van der Waals surface area contributed by atoms with Crippen LogP contribution in [0.15, 0.2) is 12.3 Å². The summed E-state index contributed by atoms with van der Waals surface area (Å²) in [6.45, 7) is 0.542. The summed E-state index contributed by atoms with van der Waals surface area (Å²) in [6, 6.07) is 0.382. The summed E-state index contributed by atoms with van der Waals surface area (Å²) < 4.78 is 69.1. The quantitative estimate of drug-likeness (QED) is 0.828. The smallest absolute Gasteiger partial charge is 0.433 e. The summed E-state index contributed by atoms with van der Waals surface area (Å²) in [5.74, 6) is 0. The number of nitrogens with zero attached hydrogens (tertiary/aromatic N) is 3. The number of sulfonamides is 1. The first-order chi connectivity index (χ1) is 10.8. The molecule has 3 rings (SSSR count). The molecule has 1 atom stereocenters. The third-order valence-corrected chi connectivity index (χ3v) is 6.21. The molecule has 2 heterocycles. The summed E-state index contributed by atoms with van der Waals surface area (Å²) in [5.41, 5.74) is -1.08. The third kappa shape index (κ3) is 3.74. The average Bonchev–Trinajstić information content (AvgIpc) is 3.32. The van der Waals surface area contributed by atoms with Crippen molar-refractivity contribution in [3.8, 4) is 6.01 Å². The molecule has 1 aromatic rings. The molecular formula is C13H16F3N3O3S. The number of hydrogen-bond acceptors (Lipinski definition) is 5. The van der Waals surface area contributed by atoms with Gasteiger partial charge in [-0.1, -0.05) is 0 Å². The van der Waals surface area contributed by atoms with Crippen LogP contribution in [0.1, 0.15) is 31.4 Å². The number of alkyl halides is 3. The fraction of sp³-hybridized carbons (Fsp3) is 0.692. The standard InChI is InChI=1S/C13H16F3N3O3S/c14-13(15,16)11-5-6-17-12(18-11)22-9-2-1-7-19(8-9)23(20,21)10-3-4-10/h5-6,9-10H,1-4,7-8H2. The monoisotopic (exact) mass is 351 g/mol. The number of piperidine rings is 1. The van der Waals surface area contributed by atoms with Gasteiger partial charge in [-0.05, 0) is 31.7 Å². The zero-order valence-electron chi connectivity index (χ0n) is 12.2. The van der Waals surface area contributed by atoms with E-state index < -0.39 is 28.0 Å². The lowest BCUT2D eigenvalue weighted by Crippen LogP contribution is -2.45. The van der Waals surface area contributed by atoms with Crippen molar-refractivity contribution < 1.29 is 26.3 Å². The van der Waals surface area contributed by atoms with Crippen LogP contribution < -0.4 is 4.74 Å². The topological polar surface area (TPSA) is 72.4 Å². The number of ether oxygens (including phenoxy) is 1. The molecule has 0 N–H and O–H groups in total. The molecule has 1 aliphatic heterocycles. The Balaban J connectivity index is 1.68. The van der Waals surface area contributed by atoms with Crippen molar-refractivity contribution in [3.63, 3.8) is 0 Å². The number of halogens is 3. The first-order valence-electron chi connectivity index (χ1n) is 7.32. The first kappa shape index (κ1) is 16.4. The van der Waals surface area contributed by atoms with Gasteiger partial charge in [0.1, 0.15) is 6.10 Å². The minimum atomic E-state index is -4.57. The first-order valence-corrected chi connectivity index (χ1v) is 8.83. The molecule has 128 valence electrons. The van der Waals surface area contributed by atoms with Crippen LogP contribution in [0, 0.1) is 0 Å². The Hall–Kier alpha value is -1.42. The van der Waals surface area contributed by atoms with Crippen LogP contribution in [-0.4, -0.2) is 47.1 Å². The summed E-state index contributed by atoms with van der Waals surface area (Å²) >= 11 is 0. The molecule has 2 fully saturated rings. The minimum absolute atomic E-state index is 0.123. The van der Waals surface area contributed by atoms with Gasteiger partial charge >= 0.3 is 12.2 Å². The zero-order valence-corrected chi connectivity index (χ0v) is 13.0. The number of hydrogen-bond donors (Lipinski definition) is 0. The van der Waals surface area contributed by atoms with Gasteiger partial charge < -0.3 is 4.74 Å². The van der Waals surface area contributed by atoms with Gasteiger partial charge in [-0.2, -0.15) is 22.5 Å². The molecule has 1 saturated carbocycles. The average molecular weight is 351 g/mol. The van der Waals surface area contributed by atoms with Gasteiger partial charge in [0.25, 0.3) is 0 Å². The molecule has 1 aromatic heterocycles. The van der Waals surface area contributed by atoms with Crippen molar-refractivity contribution in [2.45, 2.75) is 43.2 Å². The minimum Gasteiger partial charge on any atom is -0.459 e. The maximum absolute atomic E-state index is 12.6. The summed E-state index contributed by atoms with van der Waals surface area (Å²) in [6.07, 6.45) is -1.66. The highest BCUT2D eigenvalue weighted by molar-refractivity contribution is 7.90. The SMILES string of the molecule is O=S(=O)(C1CC1)N1CCCC(Oc2nccc(C(F)(F)F)n2)C1. The van der Waals surface area contributed by atoms with Gasteiger partial charge in [0.2, 0.25) is 10.0 Å². The van der Waals surface area contributed by atoms with E-state index in [9.17, 15) is 21.6 Å². The number of aromatic nitrogens is 2. The van der Waals surface area contributed by atoms with Gasteiger partial charge in [0.05, 0.1) is 11.8 Å². The van der Waals surface area contributed by atoms with Crippen molar-refractivity contribution in [2.24, 2.45) is 0 Å². The van der Waals surface area contributed by atoms with Crippen molar-refractivity contribution in [1.29, 1.82) is 0 Å². The Morgan fingerprint density at radius 1 is 1.26 bits per heavy atom. The van der Waals surface area contributed by atoms with E-state index in [1.165, 1.54) is 4.31 Å². The van der Waals surface area contributed by atoms with Crippen LogP contribution in [0.2, 0.25) is 0 Å².